The van der Waals surface area contributed by atoms with Crippen LogP contribution in [0.5, 0.6) is 0 Å². The Morgan fingerprint density at radius 2 is 2.50 bits per heavy atom. The van der Waals surface area contributed by atoms with Gasteiger partial charge in [-0.1, -0.05) is 11.8 Å². The van der Waals surface area contributed by atoms with E-state index in [0.29, 0.717) is 0 Å². The fourth-order valence-corrected chi connectivity index (χ4v) is 1.23. The summed E-state index contributed by atoms with van der Waals surface area (Å²) in [5.41, 5.74) is 3.91. The van der Waals surface area contributed by atoms with Crippen molar-refractivity contribution in [1.29, 1.82) is 0 Å². The number of aliphatic imine (C=N–C) groups is 1. The lowest BCUT2D eigenvalue weighted by molar-refractivity contribution is 1.02. The standard InChI is InChI=1S/C6H11N3S/c1-5(2)8-9-6-7-3-4-10-6/h3-4H2,1-2H3,(H,7,9). The number of hydrogen-bond donors (Lipinski definition) is 1. The van der Waals surface area contributed by atoms with Crippen molar-refractivity contribution in [1.82, 2.24) is 5.43 Å². The van der Waals surface area contributed by atoms with Gasteiger partial charge in [0.2, 0.25) is 0 Å². The van der Waals surface area contributed by atoms with Crippen molar-refractivity contribution in [3.8, 4) is 0 Å². The van der Waals surface area contributed by atoms with Gasteiger partial charge in [0, 0.05) is 11.5 Å². The summed E-state index contributed by atoms with van der Waals surface area (Å²) in [5, 5.41) is 4.97. The van der Waals surface area contributed by atoms with Crippen molar-refractivity contribution in [2.24, 2.45) is 10.1 Å². The molecule has 1 aliphatic heterocycles. The summed E-state index contributed by atoms with van der Waals surface area (Å²) in [6.07, 6.45) is 0. The topological polar surface area (TPSA) is 36.8 Å². The Morgan fingerprint density at radius 3 is 3.00 bits per heavy atom. The largest absolute Gasteiger partial charge is 0.260 e. The molecule has 0 saturated carbocycles. The Labute approximate surface area is 65.0 Å². The van der Waals surface area contributed by atoms with Crippen LogP contribution in [0.15, 0.2) is 10.1 Å². The first-order chi connectivity index (χ1) is 4.79. The molecule has 3 nitrogen and oxygen atoms in total. The van der Waals surface area contributed by atoms with E-state index in [1.165, 1.54) is 0 Å². The second-order valence-electron chi connectivity index (χ2n) is 2.21. The first kappa shape index (κ1) is 7.60. The molecule has 0 aromatic carbocycles. The zero-order valence-corrected chi connectivity index (χ0v) is 7.03. The molecule has 0 saturated heterocycles. The molecule has 10 heavy (non-hydrogen) atoms. The molecule has 1 rings (SSSR count). The molecule has 56 valence electrons. The number of nitrogens with one attached hydrogen (secondary N) is 1. The van der Waals surface area contributed by atoms with E-state index in [4.69, 9.17) is 0 Å². The third-order valence-corrected chi connectivity index (χ3v) is 1.84. The van der Waals surface area contributed by atoms with Crippen LogP contribution in [0, 0.1) is 0 Å². The predicted octanol–water partition coefficient (Wildman–Crippen LogP) is 1.07. The number of hydrogen-bond acceptors (Lipinski definition) is 4. The SMILES string of the molecule is CC(C)=NNC1=NCCS1. The Kier molecular flexibility index (Phi) is 2.74. The van der Waals surface area contributed by atoms with Gasteiger partial charge >= 0.3 is 0 Å². The molecular formula is C6H11N3S. The lowest BCUT2D eigenvalue weighted by Crippen LogP contribution is -2.12. The Bertz CT molecular complexity index is 170. The van der Waals surface area contributed by atoms with Gasteiger partial charge in [-0.15, -0.1) is 0 Å². The average molecular weight is 157 g/mol. The highest BCUT2D eigenvalue weighted by molar-refractivity contribution is 8.14. The van der Waals surface area contributed by atoms with E-state index in [0.717, 1.165) is 23.2 Å². The van der Waals surface area contributed by atoms with Gasteiger partial charge in [-0.25, -0.2) is 0 Å². The van der Waals surface area contributed by atoms with Crippen molar-refractivity contribution >= 4 is 22.6 Å². The normalized spacial score (nSPS) is 16.4. The monoisotopic (exact) mass is 157 g/mol. The molecule has 0 unspecified atom stereocenters. The molecule has 0 amide bonds. The van der Waals surface area contributed by atoms with Crippen molar-refractivity contribution < 1.29 is 0 Å². The molecule has 0 bridgehead atoms. The van der Waals surface area contributed by atoms with Gasteiger partial charge in [0.1, 0.15) is 0 Å². The maximum Gasteiger partial charge on any atom is 0.177 e. The van der Waals surface area contributed by atoms with Crippen LogP contribution in [-0.4, -0.2) is 23.2 Å². The van der Waals surface area contributed by atoms with E-state index in [1.807, 2.05) is 13.8 Å². The lowest BCUT2D eigenvalue weighted by Gasteiger charge is -1.96. The summed E-state index contributed by atoms with van der Waals surface area (Å²) in [6.45, 7) is 4.83. The van der Waals surface area contributed by atoms with Crippen molar-refractivity contribution in [2.45, 2.75) is 13.8 Å². The van der Waals surface area contributed by atoms with Crippen molar-refractivity contribution in [3.63, 3.8) is 0 Å². The summed E-state index contributed by atoms with van der Waals surface area (Å²) in [7, 11) is 0. The molecule has 0 atom stereocenters. The smallest absolute Gasteiger partial charge is 0.177 e. The molecule has 1 heterocycles. The number of thioether (sulfide) groups is 1. The third-order valence-electron chi connectivity index (χ3n) is 0.961. The highest BCUT2D eigenvalue weighted by Gasteiger charge is 2.03. The van der Waals surface area contributed by atoms with Gasteiger partial charge in [0.15, 0.2) is 5.17 Å². The quantitative estimate of drug-likeness (QED) is 0.456. The zero-order valence-electron chi connectivity index (χ0n) is 6.22. The van der Waals surface area contributed by atoms with Crippen LogP contribution in [0.2, 0.25) is 0 Å². The predicted molar refractivity (Wildman–Crippen MR) is 46.7 cm³/mol. The number of hydrazone groups is 1. The van der Waals surface area contributed by atoms with Gasteiger partial charge in [0.05, 0.1) is 6.54 Å². The van der Waals surface area contributed by atoms with Crippen LogP contribution < -0.4 is 5.43 Å². The fourth-order valence-electron chi connectivity index (χ4n) is 0.562. The molecule has 0 aromatic heterocycles. The van der Waals surface area contributed by atoms with Crippen LogP contribution in [0.1, 0.15) is 13.8 Å². The van der Waals surface area contributed by atoms with Gasteiger partial charge < -0.3 is 0 Å². The average Bonchev–Trinajstić information content (AvgIpc) is 2.34. The minimum absolute atomic E-state index is 0.922. The lowest BCUT2D eigenvalue weighted by atomic mass is 10.5. The van der Waals surface area contributed by atoms with E-state index in [-0.39, 0.29) is 0 Å². The minimum atomic E-state index is 0.922. The Morgan fingerprint density at radius 1 is 1.70 bits per heavy atom. The Hall–Kier alpha value is -0.510. The molecule has 0 aromatic rings. The third kappa shape index (κ3) is 2.39. The van der Waals surface area contributed by atoms with E-state index < -0.39 is 0 Å². The maximum atomic E-state index is 4.17. The molecule has 0 aliphatic carbocycles. The highest BCUT2D eigenvalue weighted by Crippen LogP contribution is 2.08. The summed E-state index contributed by atoms with van der Waals surface area (Å²) in [5.74, 6) is 1.08. The highest BCUT2D eigenvalue weighted by atomic mass is 32.2. The molecule has 1 N–H and O–H groups in total. The molecular weight excluding hydrogens is 146 g/mol. The zero-order chi connectivity index (χ0) is 7.40. The van der Waals surface area contributed by atoms with Crippen molar-refractivity contribution in [3.05, 3.63) is 0 Å². The van der Waals surface area contributed by atoms with Crippen LogP contribution in [-0.2, 0) is 0 Å². The minimum Gasteiger partial charge on any atom is -0.260 e. The van der Waals surface area contributed by atoms with Gasteiger partial charge in [-0.3, -0.25) is 10.4 Å². The number of nitrogens with zero attached hydrogens (tertiary/aromatic N) is 2. The molecule has 0 radical (unpaired) electrons. The summed E-state index contributed by atoms with van der Waals surface area (Å²) in [4.78, 5) is 4.17. The second-order valence-corrected chi connectivity index (χ2v) is 3.29. The molecule has 4 heteroatoms. The fraction of sp³-hybridized carbons (Fsp3) is 0.667. The van der Waals surface area contributed by atoms with Gasteiger partial charge in [-0.05, 0) is 13.8 Å². The molecule has 0 fully saturated rings. The van der Waals surface area contributed by atoms with Crippen LogP contribution in [0.25, 0.3) is 0 Å². The summed E-state index contributed by atoms with van der Waals surface area (Å²) in [6, 6.07) is 0. The van der Waals surface area contributed by atoms with Gasteiger partial charge in [0.25, 0.3) is 0 Å². The maximum absolute atomic E-state index is 4.17. The Balaban J connectivity index is 2.32. The van der Waals surface area contributed by atoms with E-state index >= 15 is 0 Å². The molecule has 1 aliphatic rings. The number of rotatable bonds is 1. The number of amidine groups is 1. The van der Waals surface area contributed by atoms with E-state index in [1.54, 1.807) is 11.8 Å². The first-order valence-corrected chi connectivity index (χ1v) is 4.22. The van der Waals surface area contributed by atoms with Crippen LogP contribution in [0.4, 0.5) is 0 Å². The molecule has 0 spiro atoms. The van der Waals surface area contributed by atoms with Gasteiger partial charge in [-0.2, -0.15) is 5.10 Å². The second kappa shape index (κ2) is 3.61. The van der Waals surface area contributed by atoms with E-state index in [9.17, 15) is 0 Å². The summed E-state index contributed by atoms with van der Waals surface area (Å²) >= 11 is 1.72. The summed E-state index contributed by atoms with van der Waals surface area (Å²) < 4.78 is 0. The van der Waals surface area contributed by atoms with E-state index in [2.05, 4.69) is 15.5 Å². The van der Waals surface area contributed by atoms with Crippen LogP contribution >= 0.6 is 11.8 Å². The van der Waals surface area contributed by atoms with Crippen molar-refractivity contribution in [2.75, 3.05) is 12.3 Å². The van der Waals surface area contributed by atoms with Crippen LogP contribution in [0.3, 0.4) is 0 Å². The first-order valence-electron chi connectivity index (χ1n) is 3.23.